The van der Waals surface area contributed by atoms with E-state index in [2.05, 4.69) is 5.10 Å². The summed E-state index contributed by atoms with van der Waals surface area (Å²) in [4.78, 5) is 4.71. The van der Waals surface area contributed by atoms with Crippen molar-refractivity contribution in [2.75, 3.05) is 6.61 Å². The van der Waals surface area contributed by atoms with Gasteiger partial charge in [0.2, 0.25) is 5.88 Å². The van der Waals surface area contributed by atoms with E-state index in [1.807, 2.05) is 35.7 Å². The van der Waals surface area contributed by atoms with Crippen molar-refractivity contribution in [3.05, 3.63) is 57.6 Å². The number of halogens is 2. The molecule has 2 heterocycles. The number of aromatic nitrogens is 3. The Hall–Kier alpha value is -2.37. The third-order valence-electron chi connectivity index (χ3n) is 4.06. The molecule has 0 atom stereocenters. The second-order valence-corrected chi connectivity index (χ2v) is 6.51. The third kappa shape index (κ3) is 2.69. The molecule has 0 radical (unpaired) electrons. The normalized spacial score (nSPS) is 11.5. The number of nitrogens with one attached hydrogen (secondary N) is 1. The summed E-state index contributed by atoms with van der Waals surface area (Å²) < 4.78 is 7.67. The highest BCUT2D eigenvalue weighted by atomic mass is 35.5. The van der Waals surface area contributed by atoms with Gasteiger partial charge in [-0.2, -0.15) is 0 Å². The van der Waals surface area contributed by atoms with Crippen LogP contribution < -0.4 is 4.74 Å². The Bertz CT molecular complexity index is 1060. The Morgan fingerprint density at radius 3 is 2.64 bits per heavy atom. The lowest BCUT2D eigenvalue weighted by molar-refractivity contribution is 0.322. The Morgan fingerprint density at radius 1 is 1.20 bits per heavy atom. The predicted octanol–water partition coefficient (Wildman–Crippen LogP) is 4.82. The van der Waals surface area contributed by atoms with Gasteiger partial charge >= 0.3 is 0 Å². The molecule has 2 N–H and O–H groups in total. The van der Waals surface area contributed by atoms with Gasteiger partial charge in [-0.05, 0) is 36.8 Å². The van der Waals surface area contributed by atoms with Crippen LogP contribution in [0.5, 0.6) is 11.6 Å². The average Bonchev–Trinajstić information content (AvgIpc) is 3.10. The van der Waals surface area contributed by atoms with Crippen LogP contribution in [0.25, 0.3) is 16.7 Å². The molecule has 0 spiro atoms. The van der Waals surface area contributed by atoms with Crippen LogP contribution in [-0.2, 0) is 6.42 Å². The van der Waals surface area contributed by atoms with Gasteiger partial charge < -0.3 is 9.84 Å². The van der Waals surface area contributed by atoms with Crippen molar-refractivity contribution in [2.45, 2.75) is 13.3 Å². The number of phenols is 1. The maximum atomic E-state index is 9.75. The number of aromatic amines is 1. The number of para-hydroxylation sites is 2. The molecule has 7 heteroatoms. The number of hydrogen-bond acceptors (Lipinski definition) is 3. The molecule has 2 aromatic heterocycles. The fourth-order valence-corrected chi connectivity index (χ4v) is 3.49. The van der Waals surface area contributed by atoms with E-state index in [0.29, 0.717) is 18.9 Å². The first-order valence-electron chi connectivity index (χ1n) is 7.86. The molecule has 128 valence electrons. The average molecular weight is 376 g/mol. The Labute approximate surface area is 153 Å². The van der Waals surface area contributed by atoms with E-state index >= 15 is 0 Å². The largest absolute Gasteiger partial charge is 0.505 e. The van der Waals surface area contributed by atoms with E-state index < -0.39 is 0 Å². The van der Waals surface area contributed by atoms with Gasteiger partial charge in [-0.15, -0.1) is 0 Å². The fourth-order valence-electron chi connectivity index (χ4n) is 2.96. The first-order valence-corrected chi connectivity index (χ1v) is 8.61. The molecular weight excluding hydrogens is 361 g/mol. The third-order valence-corrected chi connectivity index (χ3v) is 4.64. The van der Waals surface area contributed by atoms with Crippen molar-refractivity contribution in [1.29, 1.82) is 0 Å². The van der Waals surface area contributed by atoms with Crippen LogP contribution in [0.3, 0.4) is 0 Å². The number of ether oxygens (including phenoxy) is 1. The molecule has 2 aromatic carbocycles. The molecule has 0 unspecified atom stereocenters. The van der Waals surface area contributed by atoms with Crippen LogP contribution in [0.15, 0.2) is 36.4 Å². The number of fused-ring (bicyclic) bond motifs is 3. The predicted molar refractivity (Wildman–Crippen MR) is 99.2 cm³/mol. The van der Waals surface area contributed by atoms with Crippen LogP contribution in [0.1, 0.15) is 18.1 Å². The standard InChI is InChI=1S/C18H15Cl2N3O2/c1-2-25-18-11(7-10-8-12(19)16(24)13(20)9-10)17-21-14-5-3-4-6-15(14)23(17)22-18/h3-6,8-9,22,24H,2,7H2,1H3. The van der Waals surface area contributed by atoms with Crippen LogP contribution in [0, 0.1) is 0 Å². The molecule has 0 amide bonds. The van der Waals surface area contributed by atoms with Crippen LogP contribution in [-0.4, -0.2) is 26.3 Å². The first kappa shape index (κ1) is 16.1. The lowest BCUT2D eigenvalue weighted by Gasteiger charge is -2.07. The lowest BCUT2D eigenvalue weighted by Crippen LogP contribution is -1.97. The highest BCUT2D eigenvalue weighted by Crippen LogP contribution is 2.35. The summed E-state index contributed by atoms with van der Waals surface area (Å²) in [5.74, 6) is 0.555. The van der Waals surface area contributed by atoms with Crippen molar-refractivity contribution in [2.24, 2.45) is 0 Å². The molecule has 0 saturated heterocycles. The number of aromatic hydroxyl groups is 1. The van der Waals surface area contributed by atoms with Crippen molar-refractivity contribution in [3.63, 3.8) is 0 Å². The number of benzene rings is 2. The fraction of sp³-hybridized carbons (Fsp3) is 0.167. The summed E-state index contributed by atoms with van der Waals surface area (Å²) in [5, 5.41) is 13.5. The van der Waals surface area contributed by atoms with Gasteiger partial charge in [0.15, 0.2) is 11.4 Å². The van der Waals surface area contributed by atoms with E-state index in [4.69, 9.17) is 32.9 Å². The maximum absolute atomic E-state index is 9.75. The van der Waals surface area contributed by atoms with Gasteiger partial charge in [0.05, 0.1) is 33.2 Å². The van der Waals surface area contributed by atoms with Gasteiger partial charge in [0, 0.05) is 6.42 Å². The highest BCUT2D eigenvalue weighted by molar-refractivity contribution is 6.37. The highest BCUT2D eigenvalue weighted by Gasteiger charge is 2.18. The molecule has 0 fully saturated rings. The van der Waals surface area contributed by atoms with Crippen LogP contribution in [0.2, 0.25) is 10.0 Å². The summed E-state index contributed by atoms with van der Waals surface area (Å²) in [5.41, 5.74) is 4.45. The van der Waals surface area contributed by atoms with Gasteiger partial charge in [-0.1, -0.05) is 35.3 Å². The zero-order valence-corrected chi connectivity index (χ0v) is 14.9. The summed E-state index contributed by atoms with van der Waals surface area (Å²) in [7, 11) is 0. The Balaban J connectivity index is 1.88. The number of phenolic OH excluding ortho intramolecular Hbond substituents is 1. The zero-order valence-electron chi connectivity index (χ0n) is 13.4. The van der Waals surface area contributed by atoms with Gasteiger partial charge in [-0.3, -0.25) is 5.10 Å². The van der Waals surface area contributed by atoms with Gasteiger partial charge in [0.25, 0.3) is 0 Å². The monoisotopic (exact) mass is 375 g/mol. The maximum Gasteiger partial charge on any atom is 0.213 e. The molecule has 0 bridgehead atoms. The quantitative estimate of drug-likeness (QED) is 0.537. The zero-order chi connectivity index (χ0) is 17.6. The molecule has 0 saturated carbocycles. The smallest absolute Gasteiger partial charge is 0.213 e. The van der Waals surface area contributed by atoms with E-state index in [-0.39, 0.29) is 15.8 Å². The van der Waals surface area contributed by atoms with Crippen molar-refractivity contribution in [1.82, 2.24) is 14.6 Å². The van der Waals surface area contributed by atoms with Crippen LogP contribution in [0.4, 0.5) is 0 Å². The first-order chi connectivity index (χ1) is 12.1. The molecule has 0 aliphatic rings. The second kappa shape index (κ2) is 6.17. The molecule has 25 heavy (non-hydrogen) atoms. The Kier molecular flexibility index (Phi) is 3.98. The molecule has 0 aliphatic heterocycles. The van der Waals surface area contributed by atoms with Crippen molar-refractivity contribution in [3.8, 4) is 11.6 Å². The molecular formula is C18H15Cl2N3O2. The van der Waals surface area contributed by atoms with E-state index in [1.165, 1.54) is 0 Å². The van der Waals surface area contributed by atoms with Gasteiger partial charge in [-0.25, -0.2) is 9.50 Å². The number of hydrogen-bond donors (Lipinski definition) is 2. The molecule has 0 aliphatic carbocycles. The van der Waals surface area contributed by atoms with Gasteiger partial charge in [0.1, 0.15) is 0 Å². The van der Waals surface area contributed by atoms with E-state index in [9.17, 15) is 5.11 Å². The minimum absolute atomic E-state index is 0.108. The second-order valence-electron chi connectivity index (χ2n) is 5.70. The topological polar surface area (TPSA) is 62.5 Å². The number of H-pyrrole nitrogens is 1. The minimum atomic E-state index is -0.108. The summed E-state index contributed by atoms with van der Waals surface area (Å²) in [6.07, 6.45) is 0.519. The lowest BCUT2D eigenvalue weighted by atomic mass is 10.1. The molecule has 4 rings (SSSR count). The van der Waals surface area contributed by atoms with Crippen molar-refractivity contribution >= 4 is 39.9 Å². The van der Waals surface area contributed by atoms with Crippen LogP contribution >= 0.6 is 23.2 Å². The number of imidazole rings is 1. The van der Waals surface area contributed by atoms with E-state index in [0.717, 1.165) is 27.8 Å². The number of rotatable bonds is 4. The SMILES string of the molecule is CCOc1[nH]n2c(nc3ccccc32)c1Cc1cc(Cl)c(O)c(Cl)c1. The summed E-state index contributed by atoms with van der Waals surface area (Å²) in [6.45, 7) is 2.46. The Morgan fingerprint density at radius 2 is 1.92 bits per heavy atom. The van der Waals surface area contributed by atoms with Crippen molar-refractivity contribution < 1.29 is 9.84 Å². The summed E-state index contributed by atoms with van der Waals surface area (Å²) >= 11 is 12.1. The number of nitrogens with zero attached hydrogens (tertiary/aromatic N) is 2. The summed E-state index contributed by atoms with van der Waals surface area (Å²) in [6, 6.07) is 11.3. The van der Waals surface area contributed by atoms with E-state index in [1.54, 1.807) is 12.1 Å². The molecule has 4 aromatic rings. The minimum Gasteiger partial charge on any atom is -0.505 e. The molecule has 5 nitrogen and oxygen atoms in total.